The third kappa shape index (κ3) is 2.63. The molecule has 0 aliphatic heterocycles. The number of fused-ring (bicyclic) bond motifs is 1. The van der Waals surface area contributed by atoms with E-state index in [1.54, 1.807) is 18.3 Å². The summed E-state index contributed by atoms with van der Waals surface area (Å²) >= 11 is 0. The lowest BCUT2D eigenvalue weighted by Crippen LogP contribution is -2.29. The highest BCUT2D eigenvalue weighted by atomic mass is 16.5. The van der Waals surface area contributed by atoms with Crippen molar-refractivity contribution in [3.8, 4) is 0 Å². The standard InChI is InChI=1S/C13H14N2O4/c1-8-3-4-15-11(5-8)14-7-9(12(15)17)6-10(16)13(18)19-2/h3-5,7,10,16H,6H2,1-2H3/t10-/m0/s1. The highest BCUT2D eigenvalue weighted by Gasteiger charge is 2.18. The topological polar surface area (TPSA) is 80.9 Å². The zero-order valence-electron chi connectivity index (χ0n) is 10.7. The average molecular weight is 262 g/mol. The zero-order chi connectivity index (χ0) is 14.0. The molecule has 100 valence electrons. The first kappa shape index (κ1) is 13.2. The van der Waals surface area contributed by atoms with Crippen molar-refractivity contribution in [2.75, 3.05) is 7.11 Å². The van der Waals surface area contributed by atoms with Crippen molar-refractivity contribution in [3.05, 3.63) is 46.0 Å². The number of hydrogen-bond donors (Lipinski definition) is 1. The number of ether oxygens (including phenoxy) is 1. The van der Waals surface area contributed by atoms with Crippen LogP contribution in [0.2, 0.25) is 0 Å². The van der Waals surface area contributed by atoms with Crippen LogP contribution in [0.15, 0.2) is 29.3 Å². The predicted octanol–water partition coefficient (Wildman–Crippen LogP) is 0.0793. The maximum absolute atomic E-state index is 12.1. The van der Waals surface area contributed by atoms with Gasteiger partial charge in [-0.2, -0.15) is 0 Å². The van der Waals surface area contributed by atoms with E-state index in [2.05, 4.69) is 9.72 Å². The summed E-state index contributed by atoms with van der Waals surface area (Å²) in [5, 5.41) is 9.56. The molecule has 19 heavy (non-hydrogen) atoms. The second-order valence-electron chi connectivity index (χ2n) is 4.26. The van der Waals surface area contributed by atoms with Crippen LogP contribution in [0.3, 0.4) is 0 Å². The molecule has 0 aliphatic rings. The SMILES string of the molecule is COC(=O)[C@@H](O)Cc1cnc2cc(C)ccn2c1=O. The van der Waals surface area contributed by atoms with E-state index in [4.69, 9.17) is 0 Å². The Bertz CT molecular complexity index is 678. The second-order valence-corrected chi connectivity index (χ2v) is 4.26. The van der Waals surface area contributed by atoms with Gasteiger partial charge in [-0.3, -0.25) is 9.20 Å². The van der Waals surface area contributed by atoms with Crippen LogP contribution in [0.5, 0.6) is 0 Å². The largest absolute Gasteiger partial charge is 0.467 e. The molecule has 0 fully saturated rings. The van der Waals surface area contributed by atoms with Gasteiger partial charge in [0.05, 0.1) is 7.11 Å². The molecule has 0 unspecified atom stereocenters. The lowest BCUT2D eigenvalue weighted by Gasteiger charge is -2.08. The van der Waals surface area contributed by atoms with E-state index in [0.29, 0.717) is 5.65 Å². The number of nitrogens with zero attached hydrogens (tertiary/aromatic N) is 2. The van der Waals surface area contributed by atoms with E-state index in [1.807, 2.05) is 6.92 Å². The molecule has 2 heterocycles. The first-order valence-electron chi connectivity index (χ1n) is 5.75. The van der Waals surface area contributed by atoms with Crippen molar-refractivity contribution >= 4 is 11.6 Å². The molecule has 0 bridgehead atoms. The van der Waals surface area contributed by atoms with E-state index in [-0.39, 0.29) is 17.5 Å². The van der Waals surface area contributed by atoms with Crippen LogP contribution >= 0.6 is 0 Å². The predicted molar refractivity (Wildman–Crippen MR) is 67.9 cm³/mol. The van der Waals surface area contributed by atoms with E-state index < -0.39 is 12.1 Å². The molecular formula is C13H14N2O4. The van der Waals surface area contributed by atoms with Crippen molar-refractivity contribution in [2.45, 2.75) is 19.4 Å². The molecule has 6 heteroatoms. The quantitative estimate of drug-likeness (QED) is 0.792. The molecule has 0 amide bonds. The summed E-state index contributed by atoms with van der Waals surface area (Å²) < 4.78 is 5.79. The Labute approximate surface area is 109 Å². The zero-order valence-corrected chi connectivity index (χ0v) is 10.7. The Hall–Kier alpha value is -2.21. The maximum atomic E-state index is 12.1. The number of aromatic nitrogens is 2. The molecule has 0 saturated carbocycles. The Kier molecular flexibility index (Phi) is 3.62. The number of aryl methyl sites for hydroxylation is 1. The minimum Gasteiger partial charge on any atom is -0.467 e. The molecule has 0 radical (unpaired) electrons. The van der Waals surface area contributed by atoms with Crippen molar-refractivity contribution < 1.29 is 14.6 Å². The number of carbonyl (C=O) groups is 1. The Morgan fingerprint density at radius 3 is 3.00 bits per heavy atom. The Morgan fingerprint density at radius 1 is 1.58 bits per heavy atom. The van der Waals surface area contributed by atoms with Crippen LogP contribution in [0, 0.1) is 6.92 Å². The molecule has 6 nitrogen and oxygen atoms in total. The van der Waals surface area contributed by atoms with Gasteiger partial charge in [-0.1, -0.05) is 0 Å². The minimum absolute atomic E-state index is 0.116. The number of hydrogen-bond acceptors (Lipinski definition) is 5. The molecule has 0 spiro atoms. The molecule has 2 aromatic rings. The van der Waals surface area contributed by atoms with Crippen LogP contribution in [-0.2, 0) is 16.0 Å². The van der Waals surface area contributed by atoms with Crippen LogP contribution in [0.4, 0.5) is 0 Å². The fraction of sp³-hybridized carbons (Fsp3) is 0.308. The molecule has 0 saturated heterocycles. The third-order valence-electron chi connectivity index (χ3n) is 2.82. The first-order valence-corrected chi connectivity index (χ1v) is 5.75. The fourth-order valence-corrected chi connectivity index (χ4v) is 1.78. The van der Waals surface area contributed by atoms with Crippen LogP contribution in [0.1, 0.15) is 11.1 Å². The van der Waals surface area contributed by atoms with E-state index >= 15 is 0 Å². The molecule has 2 aromatic heterocycles. The summed E-state index contributed by atoms with van der Waals surface area (Å²) in [7, 11) is 1.18. The molecule has 1 N–H and O–H groups in total. The molecule has 0 aromatic carbocycles. The summed E-state index contributed by atoms with van der Waals surface area (Å²) in [4.78, 5) is 27.4. The summed E-state index contributed by atoms with van der Waals surface area (Å²) in [5.41, 5.74) is 1.49. The maximum Gasteiger partial charge on any atom is 0.335 e. The van der Waals surface area contributed by atoms with Crippen molar-refractivity contribution in [1.82, 2.24) is 9.38 Å². The monoisotopic (exact) mass is 262 g/mol. The number of carbonyl (C=O) groups excluding carboxylic acids is 1. The van der Waals surface area contributed by atoms with Gasteiger partial charge in [-0.15, -0.1) is 0 Å². The lowest BCUT2D eigenvalue weighted by molar-refractivity contribution is -0.150. The number of esters is 1. The number of aliphatic hydroxyl groups is 1. The number of aliphatic hydroxyl groups excluding tert-OH is 1. The van der Waals surface area contributed by atoms with Gasteiger partial charge in [0, 0.05) is 24.4 Å². The summed E-state index contributed by atoms with van der Waals surface area (Å²) in [6.07, 6.45) is 1.52. The van der Waals surface area contributed by atoms with Crippen molar-refractivity contribution in [3.63, 3.8) is 0 Å². The van der Waals surface area contributed by atoms with Crippen molar-refractivity contribution in [1.29, 1.82) is 0 Å². The molecule has 0 aliphatic carbocycles. The van der Waals surface area contributed by atoms with Gasteiger partial charge in [-0.05, 0) is 24.6 Å². The Morgan fingerprint density at radius 2 is 2.32 bits per heavy atom. The second kappa shape index (κ2) is 5.19. The molecular weight excluding hydrogens is 248 g/mol. The van der Waals surface area contributed by atoms with E-state index in [0.717, 1.165) is 5.56 Å². The number of pyridine rings is 1. The summed E-state index contributed by atoms with van der Waals surface area (Å²) in [6.45, 7) is 1.90. The van der Waals surface area contributed by atoms with Crippen LogP contribution in [0.25, 0.3) is 5.65 Å². The average Bonchev–Trinajstić information content (AvgIpc) is 2.40. The highest BCUT2D eigenvalue weighted by Crippen LogP contribution is 2.04. The van der Waals surface area contributed by atoms with Gasteiger partial charge >= 0.3 is 5.97 Å². The molecule has 1 atom stereocenters. The first-order chi connectivity index (χ1) is 9.02. The van der Waals surface area contributed by atoms with Gasteiger partial charge < -0.3 is 9.84 Å². The van der Waals surface area contributed by atoms with Gasteiger partial charge in [0.1, 0.15) is 5.65 Å². The minimum atomic E-state index is -1.36. The smallest absolute Gasteiger partial charge is 0.335 e. The molecule has 2 rings (SSSR count). The van der Waals surface area contributed by atoms with Gasteiger partial charge in [0.15, 0.2) is 6.10 Å². The van der Waals surface area contributed by atoms with E-state index in [1.165, 1.54) is 17.7 Å². The summed E-state index contributed by atoms with van der Waals surface area (Å²) in [5.74, 6) is -0.770. The van der Waals surface area contributed by atoms with Gasteiger partial charge in [-0.25, -0.2) is 9.78 Å². The number of methoxy groups -OCH3 is 1. The number of rotatable bonds is 3. The van der Waals surface area contributed by atoms with E-state index in [9.17, 15) is 14.7 Å². The Balaban J connectivity index is 2.41. The normalized spacial score (nSPS) is 12.4. The summed E-state index contributed by atoms with van der Waals surface area (Å²) in [6, 6.07) is 3.57. The highest BCUT2D eigenvalue weighted by molar-refractivity contribution is 5.74. The van der Waals surface area contributed by atoms with Gasteiger partial charge in [0.25, 0.3) is 5.56 Å². The van der Waals surface area contributed by atoms with Crippen LogP contribution in [-0.4, -0.2) is 33.7 Å². The van der Waals surface area contributed by atoms with Crippen LogP contribution < -0.4 is 5.56 Å². The third-order valence-corrected chi connectivity index (χ3v) is 2.82. The van der Waals surface area contributed by atoms with Gasteiger partial charge in [0.2, 0.25) is 0 Å². The van der Waals surface area contributed by atoms with Crippen molar-refractivity contribution in [2.24, 2.45) is 0 Å². The fourth-order valence-electron chi connectivity index (χ4n) is 1.78. The lowest BCUT2D eigenvalue weighted by atomic mass is 10.1.